The van der Waals surface area contributed by atoms with E-state index in [1.54, 1.807) is 0 Å². The van der Waals surface area contributed by atoms with Crippen molar-refractivity contribution in [2.24, 2.45) is 0 Å². The maximum atomic E-state index is 12.6. The number of ether oxygens (including phenoxy) is 1. The van der Waals surface area contributed by atoms with E-state index in [4.69, 9.17) is 4.74 Å². The van der Waals surface area contributed by atoms with E-state index in [0.29, 0.717) is 0 Å². The molecule has 5 heteroatoms. The first kappa shape index (κ1) is 17.3. The summed E-state index contributed by atoms with van der Waals surface area (Å²) in [5, 5.41) is 0. The number of carbonyl (C=O) groups excluding carboxylic acids is 1. The van der Waals surface area contributed by atoms with Gasteiger partial charge in [-0.2, -0.15) is 0 Å². The first-order valence-corrected chi connectivity index (χ1v) is 10.1. The first-order chi connectivity index (χ1) is 11.0. The lowest BCUT2D eigenvalue weighted by Gasteiger charge is -2.15. The Morgan fingerprint density at radius 3 is 2.61 bits per heavy atom. The number of rotatable bonds is 3. The van der Waals surface area contributed by atoms with Crippen LogP contribution in [0.25, 0.3) is 6.08 Å². The molecule has 2 aromatic carbocycles. The van der Waals surface area contributed by atoms with Crippen LogP contribution in [0.3, 0.4) is 0 Å². The van der Waals surface area contributed by atoms with Crippen molar-refractivity contribution < 1.29 is 9.53 Å². The zero-order valence-corrected chi connectivity index (χ0v) is 17.7. The van der Waals surface area contributed by atoms with Crippen LogP contribution in [0.4, 0.5) is 0 Å². The lowest BCUT2D eigenvalue weighted by Crippen LogP contribution is -2.08. The summed E-state index contributed by atoms with van der Waals surface area (Å²) in [6.45, 7) is 4.02. The molecule has 2 nitrogen and oxygen atoms in total. The molecule has 3 rings (SSSR count). The first-order valence-electron chi connectivity index (χ1n) is 7.14. The van der Waals surface area contributed by atoms with Gasteiger partial charge in [0.05, 0.1) is 14.6 Å². The third-order valence-corrected chi connectivity index (χ3v) is 5.78. The molecule has 0 saturated carbocycles. The molecule has 0 aliphatic carbocycles. The lowest BCUT2D eigenvalue weighted by molar-refractivity contribution is 0.104. The van der Waals surface area contributed by atoms with Gasteiger partial charge in [-0.05, 0) is 89.4 Å². The van der Waals surface area contributed by atoms with Gasteiger partial charge in [0.15, 0.2) is 0 Å². The van der Waals surface area contributed by atoms with Gasteiger partial charge in [-0.15, -0.1) is 0 Å². The number of Topliss-reactive ketones (excluding diaryl/α,β-unsaturated/α-hetero) is 1. The van der Waals surface area contributed by atoms with Gasteiger partial charge < -0.3 is 4.74 Å². The number of carbonyl (C=O) groups is 1. The van der Waals surface area contributed by atoms with E-state index in [1.807, 2.05) is 44.2 Å². The van der Waals surface area contributed by atoms with E-state index in [0.717, 1.165) is 33.8 Å². The number of ketones is 1. The second-order valence-corrected chi connectivity index (χ2v) is 8.90. The monoisotopic (exact) mass is 548 g/mol. The minimum absolute atomic E-state index is 0.0878. The van der Waals surface area contributed by atoms with Crippen molar-refractivity contribution in [2.75, 3.05) is 0 Å². The Morgan fingerprint density at radius 2 is 1.91 bits per heavy atom. The lowest BCUT2D eigenvalue weighted by atomic mass is 10.1. The van der Waals surface area contributed by atoms with Crippen LogP contribution < -0.4 is 4.74 Å². The van der Waals surface area contributed by atoms with Crippen molar-refractivity contribution in [2.45, 2.75) is 24.8 Å². The second-order valence-electron chi connectivity index (χ2n) is 5.41. The molecule has 1 aliphatic heterocycles. The van der Waals surface area contributed by atoms with Crippen LogP contribution in [-0.2, 0) is 0 Å². The standard InChI is InChI=1S/C18H14I2O2S/c1-10(2)22-18-11(7-12(19)9-14(18)20)8-16-17(21)13-5-3-4-6-15(13)23-16/h3-10H,1-2H3/b16-8+. The third kappa shape index (κ3) is 3.76. The van der Waals surface area contributed by atoms with Crippen molar-refractivity contribution in [1.29, 1.82) is 0 Å². The average Bonchev–Trinajstić information content (AvgIpc) is 2.79. The highest BCUT2D eigenvalue weighted by molar-refractivity contribution is 14.1. The van der Waals surface area contributed by atoms with Crippen LogP contribution in [0.5, 0.6) is 5.75 Å². The molecule has 0 saturated heterocycles. The number of benzene rings is 2. The molecule has 23 heavy (non-hydrogen) atoms. The van der Waals surface area contributed by atoms with E-state index in [9.17, 15) is 4.79 Å². The minimum atomic E-state index is 0.0878. The molecular weight excluding hydrogens is 534 g/mol. The summed E-state index contributed by atoms with van der Waals surface area (Å²) in [7, 11) is 0. The number of hydrogen-bond donors (Lipinski definition) is 0. The molecule has 0 bridgehead atoms. The van der Waals surface area contributed by atoms with E-state index < -0.39 is 0 Å². The van der Waals surface area contributed by atoms with Crippen LogP contribution in [0.15, 0.2) is 46.2 Å². The summed E-state index contributed by atoms with van der Waals surface area (Å²) in [6, 6.07) is 11.9. The Bertz CT molecular complexity index is 813. The summed E-state index contributed by atoms with van der Waals surface area (Å²) in [6.07, 6.45) is 2.04. The van der Waals surface area contributed by atoms with Gasteiger partial charge in [0, 0.05) is 19.6 Å². The van der Waals surface area contributed by atoms with Gasteiger partial charge in [0.2, 0.25) is 5.78 Å². The Morgan fingerprint density at radius 1 is 1.17 bits per heavy atom. The fraction of sp³-hybridized carbons (Fsp3) is 0.167. The van der Waals surface area contributed by atoms with Crippen LogP contribution in [0, 0.1) is 7.14 Å². The molecule has 0 radical (unpaired) electrons. The zero-order chi connectivity index (χ0) is 16.6. The van der Waals surface area contributed by atoms with Crippen LogP contribution in [0.2, 0.25) is 0 Å². The number of halogens is 2. The van der Waals surface area contributed by atoms with E-state index >= 15 is 0 Å². The topological polar surface area (TPSA) is 26.3 Å². The zero-order valence-electron chi connectivity index (χ0n) is 12.6. The molecule has 0 N–H and O–H groups in total. The fourth-order valence-corrected chi connectivity index (χ4v) is 5.38. The largest absolute Gasteiger partial charge is 0.489 e. The maximum absolute atomic E-state index is 12.6. The molecule has 0 aromatic heterocycles. The molecule has 0 fully saturated rings. The summed E-state index contributed by atoms with van der Waals surface area (Å²) < 4.78 is 8.16. The molecule has 1 heterocycles. The number of hydrogen-bond acceptors (Lipinski definition) is 3. The predicted molar refractivity (Wildman–Crippen MR) is 112 cm³/mol. The Kier molecular flexibility index (Phi) is 5.37. The molecule has 2 aromatic rings. The number of allylic oxidation sites excluding steroid dienone is 1. The minimum Gasteiger partial charge on any atom is -0.489 e. The molecule has 0 amide bonds. The normalized spacial score (nSPS) is 15.3. The van der Waals surface area contributed by atoms with Crippen LogP contribution in [0.1, 0.15) is 29.8 Å². The van der Waals surface area contributed by atoms with Gasteiger partial charge in [0.1, 0.15) is 5.75 Å². The molecule has 118 valence electrons. The molecular formula is C18H14I2O2S. The Labute approximate surface area is 167 Å². The van der Waals surface area contributed by atoms with Crippen molar-refractivity contribution >= 4 is 68.8 Å². The number of fused-ring (bicyclic) bond motifs is 1. The smallest absolute Gasteiger partial charge is 0.200 e. The molecule has 0 atom stereocenters. The highest BCUT2D eigenvalue weighted by Crippen LogP contribution is 2.42. The van der Waals surface area contributed by atoms with Crippen LogP contribution in [-0.4, -0.2) is 11.9 Å². The van der Waals surface area contributed by atoms with Crippen LogP contribution >= 0.6 is 56.9 Å². The maximum Gasteiger partial charge on any atom is 0.200 e. The molecule has 1 aliphatic rings. The van der Waals surface area contributed by atoms with Gasteiger partial charge in [-0.25, -0.2) is 0 Å². The predicted octanol–water partition coefficient (Wildman–Crippen LogP) is 6.01. The number of thioether (sulfide) groups is 1. The van der Waals surface area contributed by atoms with Gasteiger partial charge in [0.25, 0.3) is 0 Å². The molecule has 0 unspecified atom stereocenters. The van der Waals surface area contributed by atoms with E-state index in [2.05, 4.69) is 57.3 Å². The van der Waals surface area contributed by atoms with E-state index in [1.165, 1.54) is 11.8 Å². The SMILES string of the molecule is CC(C)Oc1c(I)cc(I)cc1/C=C1/Sc2ccccc2C1=O. The third-order valence-electron chi connectivity index (χ3n) is 3.25. The quantitative estimate of drug-likeness (QED) is 0.347. The van der Waals surface area contributed by atoms with Gasteiger partial charge in [-0.3, -0.25) is 4.79 Å². The van der Waals surface area contributed by atoms with Gasteiger partial charge in [-0.1, -0.05) is 23.9 Å². The van der Waals surface area contributed by atoms with Crippen molar-refractivity contribution in [1.82, 2.24) is 0 Å². The van der Waals surface area contributed by atoms with Crippen molar-refractivity contribution in [3.8, 4) is 5.75 Å². The summed E-state index contributed by atoms with van der Waals surface area (Å²) >= 11 is 6.11. The Hall–Kier alpha value is -0.540. The van der Waals surface area contributed by atoms with Crippen molar-refractivity contribution in [3.05, 3.63) is 59.6 Å². The second kappa shape index (κ2) is 7.14. The van der Waals surface area contributed by atoms with Gasteiger partial charge >= 0.3 is 0 Å². The van der Waals surface area contributed by atoms with Crippen molar-refractivity contribution in [3.63, 3.8) is 0 Å². The summed E-state index contributed by atoms with van der Waals surface area (Å²) in [5.74, 6) is 0.938. The fourth-order valence-electron chi connectivity index (χ4n) is 2.32. The molecule has 0 spiro atoms. The highest BCUT2D eigenvalue weighted by atomic mass is 127. The van der Waals surface area contributed by atoms with E-state index in [-0.39, 0.29) is 11.9 Å². The average molecular weight is 548 g/mol. The Balaban J connectivity index is 2.05. The summed E-state index contributed by atoms with van der Waals surface area (Å²) in [5.41, 5.74) is 1.74. The highest BCUT2D eigenvalue weighted by Gasteiger charge is 2.26. The summed E-state index contributed by atoms with van der Waals surface area (Å²) in [4.78, 5) is 14.3.